The Kier molecular flexibility index (Phi) is 3.47. The number of nitrogens with one attached hydrogen (secondary N) is 1. The molecule has 0 saturated heterocycles. The molecular formula is C11H16N2O5. The Hall–Kier alpha value is -1.89. The average molecular weight is 256 g/mol. The van der Waals surface area contributed by atoms with E-state index >= 15 is 0 Å². The summed E-state index contributed by atoms with van der Waals surface area (Å²) >= 11 is 0. The monoisotopic (exact) mass is 256 g/mol. The third kappa shape index (κ3) is 2.86. The SMILES string of the molecule is CC(C)(O)C(C)(C)NC(=O)c1ccc([N+](=O)[O-])o1. The summed E-state index contributed by atoms with van der Waals surface area (Å²) in [5, 5.41) is 22.9. The number of rotatable bonds is 4. The second-order valence-corrected chi connectivity index (χ2v) is 5.03. The smallest absolute Gasteiger partial charge is 0.395 e. The minimum Gasteiger partial charge on any atom is -0.395 e. The third-order valence-corrected chi connectivity index (χ3v) is 2.95. The molecule has 1 amide bonds. The maximum Gasteiger partial charge on any atom is 0.433 e. The summed E-state index contributed by atoms with van der Waals surface area (Å²) < 4.78 is 4.77. The summed E-state index contributed by atoms with van der Waals surface area (Å²) in [6, 6.07) is 2.32. The highest BCUT2D eigenvalue weighted by molar-refractivity contribution is 5.92. The van der Waals surface area contributed by atoms with Gasteiger partial charge in [0, 0.05) is 0 Å². The molecule has 100 valence electrons. The number of carbonyl (C=O) groups excluding carboxylic acids is 1. The van der Waals surface area contributed by atoms with Crippen molar-refractivity contribution in [1.29, 1.82) is 0 Å². The van der Waals surface area contributed by atoms with Gasteiger partial charge in [-0.05, 0) is 33.8 Å². The number of nitrogens with zero attached hydrogens (tertiary/aromatic N) is 1. The number of furan rings is 1. The van der Waals surface area contributed by atoms with Crippen LogP contribution in [0.15, 0.2) is 16.5 Å². The van der Waals surface area contributed by atoms with Crippen molar-refractivity contribution in [2.75, 3.05) is 0 Å². The number of aliphatic hydroxyl groups is 1. The van der Waals surface area contributed by atoms with Crippen LogP contribution >= 0.6 is 0 Å². The van der Waals surface area contributed by atoms with E-state index in [4.69, 9.17) is 4.42 Å². The minimum absolute atomic E-state index is 0.168. The van der Waals surface area contributed by atoms with E-state index in [1.165, 1.54) is 6.07 Å². The highest BCUT2D eigenvalue weighted by Gasteiger charge is 2.37. The predicted molar refractivity (Wildman–Crippen MR) is 63.2 cm³/mol. The van der Waals surface area contributed by atoms with Gasteiger partial charge in [0.2, 0.25) is 0 Å². The Morgan fingerprint density at radius 3 is 2.33 bits per heavy atom. The Labute approximate surface area is 104 Å². The van der Waals surface area contributed by atoms with Crippen molar-refractivity contribution >= 4 is 11.8 Å². The predicted octanol–water partition coefficient (Wildman–Crippen LogP) is 1.47. The molecule has 0 saturated carbocycles. The van der Waals surface area contributed by atoms with Crippen molar-refractivity contribution in [3.63, 3.8) is 0 Å². The van der Waals surface area contributed by atoms with E-state index in [2.05, 4.69) is 5.32 Å². The van der Waals surface area contributed by atoms with Crippen molar-refractivity contribution in [2.45, 2.75) is 38.8 Å². The molecular weight excluding hydrogens is 240 g/mol. The highest BCUT2D eigenvalue weighted by atomic mass is 16.6. The van der Waals surface area contributed by atoms with E-state index in [0.717, 1.165) is 6.07 Å². The van der Waals surface area contributed by atoms with E-state index in [9.17, 15) is 20.0 Å². The van der Waals surface area contributed by atoms with Crippen LogP contribution in [-0.4, -0.2) is 27.1 Å². The second-order valence-electron chi connectivity index (χ2n) is 5.03. The van der Waals surface area contributed by atoms with Crippen molar-refractivity contribution < 1.29 is 19.2 Å². The van der Waals surface area contributed by atoms with Gasteiger partial charge in [-0.2, -0.15) is 0 Å². The van der Waals surface area contributed by atoms with E-state index in [-0.39, 0.29) is 5.76 Å². The Bertz CT molecular complexity index is 470. The first-order valence-electron chi connectivity index (χ1n) is 5.34. The van der Waals surface area contributed by atoms with Crippen LogP contribution in [-0.2, 0) is 0 Å². The molecule has 0 aliphatic rings. The van der Waals surface area contributed by atoms with Gasteiger partial charge in [0.1, 0.15) is 4.92 Å². The molecule has 0 fully saturated rings. The largest absolute Gasteiger partial charge is 0.433 e. The first-order chi connectivity index (χ1) is 8.04. The number of hydrogen-bond acceptors (Lipinski definition) is 5. The van der Waals surface area contributed by atoms with Crippen LogP contribution in [0.2, 0.25) is 0 Å². The van der Waals surface area contributed by atoms with E-state index in [1.54, 1.807) is 27.7 Å². The summed E-state index contributed by atoms with van der Waals surface area (Å²) in [7, 11) is 0. The lowest BCUT2D eigenvalue weighted by molar-refractivity contribution is -0.402. The fraction of sp³-hybridized carbons (Fsp3) is 0.545. The molecule has 7 heteroatoms. The number of carbonyl (C=O) groups is 1. The summed E-state index contributed by atoms with van der Waals surface area (Å²) in [6.45, 7) is 6.39. The van der Waals surface area contributed by atoms with Crippen LogP contribution < -0.4 is 5.32 Å². The Morgan fingerprint density at radius 2 is 1.94 bits per heavy atom. The quantitative estimate of drug-likeness (QED) is 0.626. The molecule has 1 aromatic heterocycles. The lowest BCUT2D eigenvalue weighted by Gasteiger charge is -2.37. The molecule has 1 heterocycles. The molecule has 1 rings (SSSR count). The molecule has 1 aromatic rings. The van der Waals surface area contributed by atoms with E-state index in [1.807, 2.05) is 0 Å². The molecule has 2 N–H and O–H groups in total. The molecule has 7 nitrogen and oxygen atoms in total. The van der Waals surface area contributed by atoms with Gasteiger partial charge < -0.3 is 14.8 Å². The fourth-order valence-corrected chi connectivity index (χ4v) is 1.05. The van der Waals surface area contributed by atoms with Crippen LogP contribution in [0.25, 0.3) is 0 Å². The summed E-state index contributed by atoms with van der Waals surface area (Å²) in [5.41, 5.74) is -2.06. The molecule has 0 aromatic carbocycles. The van der Waals surface area contributed by atoms with Crippen molar-refractivity contribution in [1.82, 2.24) is 5.32 Å². The van der Waals surface area contributed by atoms with Gasteiger partial charge in [-0.15, -0.1) is 0 Å². The summed E-state index contributed by atoms with van der Waals surface area (Å²) in [5.74, 6) is -1.28. The highest BCUT2D eigenvalue weighted by Crippen LogP contribution is 2.22. The lowest BCUT2D eigenvalue weighted by atomic mass is 9.86. The molecule has 0 aliphatic carbocycles. The van der Waals surface area contributed by atoms with Crippen LogP contribution in [0.3, 0.4) is 0 Å². The van der Waals surface area contributed by atoms with E-state index < -0.39 is 27.9 Å². The van der Waals surface area contributed by atoms with Gasteiger partial charge in [-0.25, -0.2) is 0 Å². The molecule has 0 atom stereocenters. The normalized spacial score (nSPS) is 12.3. The number of hydrogen-bond donors (Lipinski definition) is 2. The molecule has 18 heavy (non-hydrogen) atoms. The van der Waals surface area contributed by atoms with Gasteiger partial charge >= 0.3 is 5.88 Å². The van der Waals surface area contributed by atoms with Crippen molar-refractivity contribution in [3.8, 4) is 0 Å². The average Bonchev–Trinajstić information content (AvgIpc) is 2.63. The Morgan fingerprint density at radius 1 is 1.39 bits per heavy atom. The van der Waals surface area contributed by atoms with Crippen LogP contribution in [0, 0.1) is 10.1 Å². The molecule has 0 aliphatic heterocycles. The van der Waals surface area contributed by atoms with Crippen molar-refractivity contribution in [2.24, 2.45) is 0 Å². The van der Waals surface area contributed by atoms with Gasteiger partial charge in [-0.3, -0.25) is 14.9 Å². The van der Waals surface area contributed by atoms with E-state index in [0.29, 0.717) is 0 Å². The lowest BCUT2D eigenvalue weighted by Crippen LogP contribution is -2.57. The first-order valence-corrected chi connectivity index (χ1v) is 5.34. The number of amides is 1. The summed E-state index contributed by atoms with van der Waals surface area (Å²) in [6.07, 6.45) is 0. The molecule has 0 unspecified atom stereocenters. The maximum absolute atomic E-state index is 11.8. The zero-order chi connectivity index (χ0) is 14.1. The van der Waals surface area contributed by atoms with Gasteiger partial charge in [0.15, 0.2) is 5.76 Å². The van der Waals surface area contributed by atoms with Crippen LogP contribution in [0.5, 0.6) is 0 Å². The maximum atomic E-state index is 11.8. The third-order valence-electron chi connectivity index (χ3n) is 2.95. The van der Waals surface area contributed by atoms with Gasteiger partial charge in [0.25, 0.3) is 5.91 Å². The van der Waals surface area contributed by atoms with Gasteiger partial charge in [0.05, 0.1) is 17.2 Å². The Balaban J connectivity index is 2.86. The number of nitro groups is 1. The summed E-state index contributed by atoms with van der Waals surface area (Å²) in [4.78, 5) is 21.5. The molecule has 0 radical (unpaired) electrons. The molecule has 0 spiro atoms. The topological polar surface area (TPSA) is 106 Å². The molecule has 0 bridgehead atoms. The first kappa shape index (κ1) is 14.2. The standard InChI is InChI=1S/C11H16N2O5/c1-10(2,11(3,4)15)12-9(14)7-5-6-8(18-7)13(16)17/h5-6,15H,1-4H3,(H,12,14). The second kappa shape index (κ2) is 4.41. The fourth-order valence-electron chi connectivity index (χ4n) is 1.05. The van der Waals surface area contributed by atoms with Gasteiger partial charge in [-0.1, -0.05) is 0 Å². The van der Waals surface area contributed by atoms with Crippen molar-refractivity contribution in [3.05, 3.63) is 28.0 Å². The zero-order valence-electron chi connectivity index (χ0n) is 10.7. The van der Waals surface area contributed by atoms with Crippen LogP contribution in [0.4, 0.5) is 5.88 Å². The van der Waals surface area contributed by atoms with Crippen LogP contribution in [0.1, 0.15) is 38.2 Å². The zero-order valence-corrected chi connectivity index (χ0v) is 10.7. The minimum atomic E-state index is -1.15.